The van der Waals surface area contributed by atoms with E-state index in [1.54, 1.807) is 0 Å². The van der Waals surface area contributed by atoms with Crippen LogP contribution in [0.1, 0.15) is 19.3 Å². The number of ether oxygens (including phenoxy) is 1. The quantitative estimate of drug-likeness (QED) is 0.690. The molecule has 0 spiro atoms. The Morgan fingerprint density at radius 3 is 2.71 bits per heavy atom. The number of hydrogen-bond acceptors (Lipinski definition) is 3. The number of nitrogens with one attached hydrogen (secondary N) is 1. The molecule has 4 heteroatoms. The van der Waals surface area contributed by atoms with Crippen molar-refractivity contribution in [3.8, 4) is 0 Å². The average molecular weight is 198 g/mol. The molecule has 0 radical (unpaired) electrons. The number of carbonyl (C=O) groups is 1. The molecule has 1 amide bonds. The van der Waals surface area contributed by atoms with Crippen molar-refractivity contribution in [2.45, 2.75) is 25.3 Å². The van der Waals surface area contributed by atoms with Gasteiger partial charge in [-0.1, -0.05) is 0 Å². The van der Waals surface area contributed by atoms with E-state index < -0.39 is 0 Å². The fraction of sp³-hybridized carbons (Fsp3) is 0.900. The molecule has 2 aliphatic rings. The van der Waals surface area contributed by atoms with E-state index >= 15 is 0 Å². The summed E-state index contributed by atoms with van der Waals surface area (Å²) in [5, 5.41) is 3.24. The monoisotopic (exact) mass is 198 g/mol. The van der Waals surface area contributed by atoms with Gasteiger partial charge in [-0.25, -0.2) is 0 Å². The van der Waals surface area contributed by atoms with Crippen LogP contribution in [0.3, 0.4) is 0 Å². The van der Waals surface area contributed by atoms with E-state index in [2.05, 4.69) is 5.32 Å². The van der Waals surface area contributed by atoms with Gasteiger partial charge in [-0.05, 0) is 25.8 Å². The predicted molar refractivity (Wildman–Crippen MR) is 53.0 cm³/mol. The Labute approximate surface area is 84.6 Å². The highest BCUT2D eigenvalue weighted by Gasteiger charge is 2.20. The molecule has 0 aliphatic carbocycles. The largest absolute Gasteiger partial charge is 0.370 e. The summed E-state index contributed by atoms with van der Waals surface area (Å²) in [6.07, 6.45) is 3.48. The fourth-order valence-corrected chi connectivity index (χ4v) is 1.84. The molecule has 1 unspecified atom stereocenters. The minimum atomic E-state index is 0.154. The second-order valence-corrected chi connectivity index (χ2v) is 4.04. The fourth-order valence-electron chi connectivity index (χ4n) is 1.84. The van der Waals surface area contributed by atoms with Crippen LogP contribution in [0, 0.1) is 0 Å². The summed E-state index contributed by atoms with van der Waals surface area (Å²) in [6, 6.07) is 0.487. The van der Waals surface area contributed by atoms with Crippen LogP contribution in [0.4, 0.5) is 0 Å². The zero-order valence-electron chi connectivity index (χ0n) is 8.50. The SMILES string of the molecule is O=C(COCC1CCN1)N1CCCC1. The van der Waals surface area contributed by atoms with Gasteiger partial charge in [0.25, 0.3) is 0 Å². The second-order valence-electron chi connectivity index (χ2n) is 4.04. The van der Waals surface area contributed by atoms with Crippen LogP contribution in [0.15, 0.2) is 0 Å². The third-order valence-corrected chi connectivity index (χ3v) is 2.93. The zero-order valence-corrected chi connectivity index (χ0v) is 8.50. The molecule has 2 rings (SSSR count). The highest BCUT2D eigenvalue weighted by Crippen LogP contribution is 2.08. The Bertz CT molecular complexity index is 198. The van der Waals surface area contributed by atoms with Crippen molar-refractivity contribution >= 4 is 5.91 Å². The summed E-state index contributed by atoms with van der Waals surface area (Å²) in [7, 11) is 0. The van der Waals surface area contributed by atoms with Crippen molar-refractivity contribution < 1.29 is 9.53 Å². The molecule has 2 fully saturated rings. The third-order valence-electron chi connectivity index (χ3n) is 2.93. The standard InChI is InChI=1S/C10H18N2O2/c13-10(12-5-1-2-6-12)8-14-7-9-3-4-11-9/h9,11H,1-8H2. The number of nitrogens with zero attached hydrogens (tertiary/aromatic N) is 1. The van der Waals surface area contributed by atoms with Gasteiger partial charge in [-0.3, -0.25) is 4.79 Å². The van der Waals surface area contributed by atoms with Gasteiger partial charge in [0, 0.05) is 19.1 Å². The molecule has 2 aliphatic heterocycles. The number of hydrogen-bond donors (Lipinski definition) is 1. The maximum atomic E-state index is 11.5. The van der Waals surface area contributed by atoms with Crippen molar-refractivity contribution in [2.24, 2.45) is 0 Å². The molecule has 0 bridgehead atoms. The van der Waals surface area contributed by atoms with E-state index in [1.807, 2.05) is 4.90 Å². The maximum absolute atomic E-state index is 11.5. The Morgan fingerprint density at radius 2 is 2.14 bits per heavy atom. The summed E-state index contributed by atoms with van der Waals surface area (Å²) >= 11 is 0. The molecule has 80 valence electrons. The third kappa shape index (κ3) is 2.45. The number of rotatable bonds is 4. The first-order chi connectivity index (χ1) is 6.86. The molecule has 2 saturated heterocycles. The molecule has 1 N–H and O–H groups in total. The molecule has 1 atom stereocenters. The lowest BCUT2D eigenvalue weighted by Crippen LogP contribution is -2.46. The summed E-state index contributed by atoms with van der Waals surface area (Å²) in [4.78, 5) is 13.4. The normalized spacial score (nSPS) is 26.3. The number of amides is 1. The molecular formula is C10H18N2O2. The second kappa shape index (κ2) is 4.75. The summed E-state index contributed by atoms with van der Waals surface area (Å²) in [5.74, 6) is 0.154. The van der Waals surface area contributed by atoms with Crippen LogP contribution in [-0.4, -0.2) is 49.7 Å². The predicted octanol–water partition coefficient (Wildman–Crippen LogP) is -0.0127. The molecule has 14 heavy (non-hydrogen) atoms. The lowest BCUT2D eigenvalue weighted by Gasteiger charge is -2.27. The van der Waals surface area contributed by atoms with Crippen molar-refractivity contribution in [1.29, 1.82) is 0 Å². The van der Waals surface area contributed by atoms with Gasteiger partial charge in [-0.2, -0.15) is 0 Å². The van der Waals surface area contributed by atoms with E-state index in [9.17, 15) is 4.79 Å². The van der Waals surface area contributed by atoms with Crippen LogP contribution in [0.2, 0.25) is 0 Å². The lowest BCUT2D eigenvalue weighted by molar-refractivity contribution is -0.135. The van der Waals surface area contributed by atoms with Crippen molar-refractivity contribution in [3.05, 3.63) is 0 Å². The number of carbonyl (C=O) groups excluding carboxylic acids is 1. The maximum Gasteiger partial charge on any atom is 0.248 e. The smallest absolute Gasteiger partial charge is 0.248 e. The van der Waals surface area contributed by atoms with Crippen molar-refractivity contribution in [3.63, 3.8) is 0 Å². The topological polar surface area (TPSA) is 41.6 Å². The Hall–Kier alpha value is -0.610. The first-order valence-electron chi connectivity index (χ1n) is 5.45. The highest BCUT2D eigenvalue weighted by atomic mass is 16.5. The van der Waals surface area contributed by atoms with Gasteiger partial charge in [0.1, 0.15) is 6.61 Å². The Morgan fingerprint density at radius 1 is 1.43 bits per heavy atom. The van der Waals surface area contributed by atoms with E-state index in [-0.39, 0.29) is 12.5 Å². The van der Waals surface area contributed by atoms with Crippen molar-refractivity contribution in [2.75, 3.05) is 32.8 Å². The van der Waals surface area contributed by atoms with Crippen LogP contribution in [0.25, 0.3) is 0 Å². The summed E-state index contributed by atoms with van der Waals surface area (Å²) < 4.78 is 5.36. The zero-order chi connectivity index (χ0) is 9.80. The molecule has 2 heterocycles. The van der Waals surface area contributed by atoms with Gasteiger partial charge in [0.15, 0.2) is 0 Å². The van der Waals surface area contributed by atoms with Crippen molar-refractivity contribution in [1.82, 2.24) is 10.2 Å². The van der Waals surface area contributed by atoms with Crippen LogP contribution < -0.4 is 5.32 Å². The lowest BCUT2D eigenvalue weighted by atomic mass is 10.1. The first kappa shape index (κ1) is 9.93. The van der Waals surface area contributed by atoms with E-state index in [4.69, 9.17) is 4.74 Å². The van der Waals surface area contributed by atoms with Gasteiger partial charge >= 0.3 is 0 Å². The minimum Gasteiger partial charge on any atom is -0.370 e. The van der Waals surface area contributed by atoms with Gasteiger partial charge in [0.2, 0.25) is 5.91 Å². The average Bonchev–Trinajstić information content (AvgIpc) is 2.61. The van der Waals surface area contributed by atoms with Gasteiger partial charge in [-0.15, -0.1) is 0 Å². The van der Waals surface area contributed by atoms with E-state index in [1.165, 1.54) is 6.42 Å². The molecule has 0 saturated carbocycles. The summed E-state index contributed by atoms with van der Waals surface area (Å²) in [6.45, 7) is 3.87. The molecule has 0 aromatic carbocycles. The molecular weight excluding hydrogens is 180 g/mol. The summed E-state index contributed by atoms with van der Waals surface area (Å²) in [5.41, 5.74) is 0. The molecule has 4 nitrogen and oxygen atoms in total. The van der Waals surface area contributed by atoms with Gasteiger partial charge < -0.3 is 15.0 Å². The molecule has 0 aromatic heterocycles. The molecule has 0 aromatic rings. The van der Waals surface area contributed by atoms with Crippen LogP contribution >= 0.6 is 0 Å². The van der Waals surface area contributed by atoms with E-state index in [0.29, 0.717) is 12.6 Å². The van der Waals surface area contributed by atoms with Crippen LogP contribution in [-0.2, 0) is 9.53 Å². The van der Waals surface area contributed by atoms with E-state index in [0.717, 1.165) is 32.5 Å². The van der Waals surface area contributed by atoms with Crippen LogP contribution in [0.5, 0.6) is 0 Å². The Balaban J connectivity index is 1.57. The minimum absolute atomic E-state index is 0.154. The Kier molecular flexibility index (Phi) is 3.37. The first-order valence-corrected chi connectivity index (χ1v) is 5.45. The highest BCUT2D eigenvalue weighted by molar-refractivity contribution is 5.77. The van der Waals surface area contributed by atoms with Gasteiger partial charge in [0.05, 0.1) is 6.61 Å². The number of likely N-dealkylation sites (tertiary alicyclic amines) is 1.